The number of nitrogens with zero attached hydrogens (tertiary/aromatic N) is 2. The van der Waals surface area contributed by atoms with Crippen LogP contribution in [0.4, 0.5) is 5.69 Å². The number of esters is 1. The second-order valence-corrected chi connectivity index (χ2v) is 3.86. The van der Waals surface area contributed by atoms with E-state index >= 15 is 0 Å². The van der Waals surface area contributed by atoms with E-state index in [1.165, 1.54) is 7.11 Å². The first-order chi connectivity index (χ1) is 8.72. The van der Waals surface area contributed by atoms with Gasteiger partial charge in [-0.25, -0.2) is 9.48 Å². The number of para-hydroxylation sites is 2. The predicted molar refractivity (Wildman–Crippen MR) is 68.7 cm³/mol. The van der Waals surface area contributed by atoms with E-state index in [2.05, 4.69) is 10.4 Å². The van der Waals surface area contributed by atoms with E-state index in [0.29, 0.717) is 0 Å². The summed E-state index contributed by atoms with van der Waals surface area (Å²) in [6.07, 6.45) is 3.56. The van der Waals surface area contributed by atoms with Crippen molar-refractivity contribution in [3.05, 3.63) is 42.7 Å². The minimum atomic E-state index is -0.410. The molecule has 0 aliphatic rings. The van der Waals surface area contributed by atoms with E-state index in [1.807, 2.05) is 36.5 Å². The summed E-state index contributed by atoms with van der Waals surface area (Å²) in [5.74, 6) is -0.301. The van der Waals surface area contributed by atoms with E-state index in [1.54, 1.807) is 17.8 Å². The van der Waals surface area contributed by atoms with Crippen molar-refractivity contribution >= 4 is 11.7 Å². The van der Waals surface area contributed by atoms with Crippen LogP contribution in [0.1, 0.15) is 6.92 Å². The molecule has 0 radical (unpaired) electrons. The van der Waals surface area contributed by atoms with E-state index in [4.69, 9.17) is 4.74 Å². The van der Waals surface area contributed by atoms with Crippen LogP contribution in [0.3, 0.4) is 0 Å². The molecule has 1 unspecified atom stereocenters. The van der Waals surface area contributed by atoms with Crippen LogP contribution in [0.2, 0.25) is 0 Å². The molecule has 5 nitrogen and oxygen atoms in total. The zero-order valence-corrected chi connectivity index (χ0v) is 10.3. The molecular formula is C13H15N3O2. The number of hydrogen-bond donors (Lipinski definition) is 1. The second kappa shape index (κ2) is 5.35. The maximum absolute atomic E-state index is 11.4. The lowest BCUT2D eigenvalue weighted by atomic mass is 10.2. The molecular weight excluding hydrogens is 230 g/mol. The molecule has 1 heterocycles. The average molecular weight is 245 g/mol. The number of hydrogen-bond acceptors (Lipinski definition) is 4. The van der Waals surface area contributed by atoms with Crippen molar-refractivity contribution in [2.24, 2.45) is 0 Å². The van der Waals surface area contributed by atoms with Crippen LogP contribution in [0.15, 0.2) is 42.7 Å². The molecule has 94 valence electrons. The Morgan fingerprint density at radius 2 is 2.17 bits per heavy atom. The molecule has 0 saturated heterocycles. The van der Waals surface area contributed by atoms with Crippen LogP contribution in [-0.4, -0.2) is 28.9 Å². The molecule has 0 fully saturated rings. The summed E-state index contributed by atoms with van der Waals surface area (Å²) >= 11 is 0. The maximum atomic E-state index is 11.4. The summed E-state index contributed by atoms with van der Waals surface area (Å²) in [5, 5.41) is 7.29. The van der Waals surface area contributed by atoms with Gasteiger partial charge in [-0.2, -0.15) is 5.10 Å². The smallest absolute Gasteiger partial charge is 0.327 e. The molecule has 1 aromatic heterocycles. The van der Waals surface area contributed by atoms with Gasteiger partial charge in [-0.3, -0.25) is 0 Å². The van der Waals surface area contributed by atoms with Crippen molar-refractivity contribution in [3.8, 4) is 5.69 Å². The second-order valence-electron chi connectivity index (χ2n) is 3.86. The van der Waals surface area contributed by atoms with Gasteiger partial charge in [0.25, 0.3) is 0 Å². The monoisotopic (exact) mass is 245 g/mol. The lowest BCUT2D eigenvalue weighted by Crippen LogP contribution is -2.27. The summed E-state index contributed by atoms with van der Waals surface area (Å²) in [4.78, 5) is 11.4. The van der Waals surface area contributed by atoms with Gasteiger partial charge in [0.2, 0.25) is 0 Å². The van der Waals surface area contributed by atoms with Gasteiger partial charge < -0.3 is 10.1 Å². The SMILES string of the molecule is COC(=O)C(C)Nc1ccccc1-n1cccn1. The minimum Gasteiger partial charge on any atom is -0.467 e. The highest BCUT2D eigenvalue weighted by Crippen LogP contribution is 2.19. The van der Waals surface area contributed by atoms with Gasteiger partial charge in [0.15, 0.2) is 0 Å². The Hall–Kier alpha value is -2.30. The standard InChI is InChI=1S/C13H15N3O2/c1-10(13(17)18-2)15-11-6-3-4-7-12(11)16-9-5-8-14-16/h3-10,15H,1-2H3. The summed E-state index contributed by atoms with van der Waals surface area (Å²) in [7, 11) is 1.37. The lowest BCUT2D eigenvalue weighted by Gasteiger charge is -2.16. The van der Waals surface area contributed by atoms with E-state index in [-0.39, 0.29) is 5.97 Å². The van der Waals surface area contributed by atoms with Crippen LogP contribution in [0.5, 0.6) is 0 Å². The van der Waals surface area contributed by atoms with Crippen LogP contribution >= 0.6 is 0 Å². The number of anilines is 1. The van der Waals surface area contributed by atoms with Gasteiger partial charge in [0.05, 0.1) is 18.5 Å². The fraction of sp³-hybridized carbons (Fsp3) is 0.231. The molecule has 18 heavy (non-hydrogen) atoms. The van der Waals surface area contributed by atoms with Crippen molar-refractivity contribution in [1.82, 2.24) is 9.78 Å². The van der Waals surface area contributed by atoms with Gasteiger partial charge in [-0.1, -0.05) is 12.1 Å². The highest BCUT2D eigenvalue weighted by molar-refractivity contribution is 5.79. The predicted octanol–water partition coefficient (Wildman–Crippen LogP) is 1.85. The third-order valence-corrected chi connectivity index (χ3v) is 2.58. The zero-order chi connectivity index (χ0) is 13.0. The summed E-state index contributed by atoms with van der Waals surface area (Å²) in [5.41, 5.74) is 1.72. The molecule has 0 bridgehead atoms. The number of benzene rings is 1. The third kappa shape index (κ3) is 2.51. The van der Waals surface area contributed by atoms with Gasteiger partial charge >= 0.3 is 5.97 Å². The van der Waals surface area contributed by atoms with Crippen LogP contribution in [-0.2, 0) is 9.53 Å². The Balaban J connectivity index is 2.26. The van der Waals surface area contributed by atoms with Gasteiger partial charge in [-0.05, 0) is 25.1 Å². The molecule has 0 spiro atoms. The molecule has 0 aliphatic heterocycles. The Bertz CT molecular complexity index is 523. The number of carbonyl (C=O) groups is 1. The topological polar surface area (TPSA) is 56.1 Å². The molecule has 0 amide bonds. The maximum Gasteiger partial charge on any atom is 0.327 e. The minimum absolute atomic E-state index is 0.301. The molecule has 0 aliphatic carbocycles. The third-order valence-electron chi connectivity index (χ3n) is 2.58. The van der Waals surface area contributed by atoms with Crippen LogP contribution in [0, 0.1) is 0 Å². The van der Waals surface area contributed by atoms with Crippen molar-refractivity contribution in [1.29, 1.82) is 0 Å². The molecule has 1 N–H and O–H groups in total. The van der Waals surface area contributed by atoms with E-state index in [0.717, 1.165) is 11.4 Å². The number of nitrogens with one attached hydrogen (secondary N) is 1. The Morgan fingerprint density at radius 1 is 1.39 bits per heavy atom. The first-order valence-electron chi connectivity index (χ1n) is 5.66. The summed E-state index contributed by atoms with van der Waals surface area (Å²) in [6.45, 7) is 1.76. The number of carbonyl (C=O) groups excluding carboxylic acids is 1. The number of aromatic nitrogens is 2. The normalized spacial score (nSPS) is 11.9. The van der Waals surface area contributed by atoms with Crippen molar-refractivity contribution in [3.63, 3.8) is 0 Å². The largest absolute Gasteiger partial charge is 0.467 e. The average Bonchev–Trinajstić information content (AvgIpc) is 2.92. The molecule has 0 saturated carbocycles. The number of ether oxygens (including phenoxy) is 1. The number of methoxy groups -OCH3 is 1. The molecule has 1 atom stereocenters. The Labute approximate surface area is 105 Å². The first-order valence-corrected chi connectivity index (χ1v) is 5.66. The lowest BCUT2D eigenvalue weighted by molar-refractivity contribution is -0.141. The van der Waals surface area contributed by atoms with Gasteiger partial charge in [0.1, 0.15) is 6.04 Å². The highest BCUT2D eigenvalue weighted by atomic mass is 16.5. The Kier molecular flexibility index (Phi) is 3.62. The van der Waals surface area contributed by atoms with Crippen molar-refractivity contribution in [2.75, 3.05) is 12.4 Å². The molecule has 2 aromatic rings. The fourth-order valence-corrected chi connectivity index (χ4v) is 1.68. The number of rotatable bonds is 4. The fourth-order valence-electron chi connectivity index (χ4n) is 1.68. The Morgan fingerprint density at radius 3 is 2.83 bits per heavy atom. The molecule has 5 heteroatoms. The van der Waals surface area contributed by atoms with Gasteiger partial charge in [0, 0.05) is 12.4 Å². The highest BCUT2D eigenvalue weighted by Gasteiger charge is 2.14. The quantitative estimate of drug-likeness (QED) is 0.835. The molecule has 2 rings (SSSR count). The van der Waals surface area contributed by atoms with Crippen LogP contribution in [0.25, 0.3) is 5.69 Å². The van der Waals surface area contributed by atoms with Gasteiger partial charge in [-0.15, -0.1) is 0 Å². The van der Waals surface area contributed by atoms with E-state index in [9.17, 15) is 4.79 Å². The van der Waals surface area contributed by atoms with Crippen molar-refractivity contribution < 1.29 is 9.53 Å². The summed E-state index contributed by atoms with van der Waals surface area (Å²) in [6, 6.07) is 9.09. The van der Waals surface area contributed by atoms with Crippen molar-refractivity contribution in [2.45, 2.75) is 13.0 Å². The van der Waals surface area contributed by atoms with E-state index < -0.39 is 6.04 Å². The zero-order valence-electron chi connectivity index (χ0n) is 10.3. The molecule has 1 aromatic carbocycles. The van der Waals surface area contributed by atoms with Crippen LogP contribution < -0.4 is 5.32 Å². The first kappa shape index (κ1) is 12.2. The summed E-state index contributed by atoms with van der Waals surface area (Å²) < 4.78 is 6.43.